The molecule has 0 unspecified atom stereocenters. The highest BCUT2D eigenvalue weighted by atomic mass is 35.5. The molecule has 3 heterocycles. The zero-order valence-corrected chi connectivity index (χ0v) is 37.1. The fourth-order valence-corrected chi connectivity index (χ4v) is 8.05. The molecule has 5 N–H and O–H groups in total. The van der Waals surface area contributed by atoms with E-state index in [0.29, 0.717) is 92.2 Å². The quantitative estimate of drug-likeness (QED) is 0.115. The van der Waals surface area contributed by atoms with Crippen LogP contribution in [-0.2, 0) is 31.8 Å². The highest BCUT2D eigenvalue weighted by Crippen LogP contribution is 2.37. The number of imidazole rings is 1. The van der Waals surface area contributed by atoms with Gasteiger partial charge in [-0.3, -0.25) is 9.59 Å². The number of aromatic nitrogens is 2. The summed E-state index contributed by atoms with van der Waals surface area (Å²) in [5.74, 6) is -2.91. The van der Waals surface area contributed by atoms with Crippen molar-refractivity contribution in [1.82, 2.24) is 14.9 Å². The van der Waals surface area contributed by atoms with Crippen LogP contribution in [0.5, 0.6) is 0 Å². The van der Waals surface area contributed by atoms with Crippen LogP contribution in [0.2, 0.25) is 10.0 Å². The lowest BCUT2D eigenvalue weighted by molar-refractivity contribution is 0.0806. The summed E-state index contributed by atoms with van der Waals surface area (Å²) < 4.78 is 76.8. The number of amides is 3. The topological polar surface area (TPSA) is 185 Å². The Morgan fingerprint density at radius 3 is 1.73 bits per heavy atom. The molecule has 0 spiro atoms. The van der Waals surface area contributed by atoms with Crippen molar-refractivity contribution in [3.05, 3.63) is 146 Å². The molecule has 14 nitrogen and oxygen atoms in total. The second-order valence-corrected chi connectivity index (χ2v) is 16.1. The fourth-order valence-electron chi connectivity index (χ4n) is 7.69. The van der Waals surface area contributed by atoms with Crippen molar-refractivity contribution in [3.8, 4) is 0 Å². The summed E-state index contributed by atoms with van der Waals surface area (Å²) in [6.45, 7) is 2.06. The van der Waals surface area contributed by atoms with Crippen molar-refractivity contribution in [2.24, 2.45) is 5.73 Å². The van der Waals surface area contributed by atoms with Crippen LogP contribution in [0.25, 0.3) is 0 Å². The molecule has 2 fully saturated rings. The Balaban J connectivity index is 0.000000175. The average molecular weight is 978 g/mol. The van der Waals surface area contributed by atoms with E-state index >= 15 is 0 Å². The molecular weight excluding hydrogens is 935 g/mol. The number of benzene rings is 4. The van der Waals surface area contributed by atoms with Gasteiger partial charge in [0.05, 0.1) is 42.5 Å². The first-order valence-corrected chi connectivity index (χ1v) is 21.2. The average Bonchev–Trinajstić information content (AvgIpc) is 4.14. The molecule has 4 atom stereocenters. The minimum atomic E-state index is -0.640. The molecule has 1 aromatic heterocycles. The molecule has 0 bridgehead atoms. The van der Waals surface area contributed by atoms with Crippen LogP contribution in [-0.4, -0.2) is 72.2 Å². The molecule has 9 rings (SSSR count). The molecule has 21 heteroatoms. The zero-order chi connectivity index (χ0) is 46.2. The summed E-state index contributed by atoms with van der Waals surface area (Å²) in [5.41, 5.74) is 9.08. The van der Waals surface area contributed by atoms with Crippen LogP contribution in [0.1, 0.15) is 80.7 Å². The number of nitrogens with one attached hydrogen (secondary N) is 3. The van der Waals surface area contributed by atoms with Gasteiger partial charge < -0.3 is 40.6 Å². The number of halogens is 7. The minimum absolute atomic E-state index is 0. The van der Waals surface area contributed by atoms with E-state index in [-0.39, 0.29) is 57.6 Å². The van der Waals surface area contributed by atoms with Gasteiger partial charge in [0, 0.05) is 64.9 Å². The molecule has 3 amide bonds. The highest BCUT2D eigenvalue weighted by Gasteiger charge is 2.33. The third kappa shape index (κ3) is 12.2. The van der Waals surface area contributed by atoms with Gasteiger partial charge in [-0.2, -0.15) is 0 Å². The number of nitrogens with zero attached hydrogens (tertiary/aromatic N) is 2. The van der Waals surface area contributed by atoms with Crippen LogP contribution >= 0.6 is 35.6 Å². The number of ether oxygens (including phenoxy) is 4. The number of alkyl carbamates (subject to hydrolysis) is 1. The van der Waals surface area contributed by atoms with E-state index in [1.165, 1.54) is 71.7 Å². The van der Waals surface area contributed by atoms with Crippen molar-refractivity contribution in [3.63, 3.8) is 0 Å². The maximum absolute atomic E-state index is 14.6. The van der Waals surface area contributed by atoms with E-state index in [0.717, 1.165) is 12.5 Å². The lowest BCUT2D eigenvalue weighted by Gasteiger charge is -2.17. The Hall–Kier alpha value is -5.76. The van der Waals surface area contributed by atoms with E-state index in [1.807, 2.05) is 0 Å². The first-order valence-electron chi connectivity index (χ1n) is 20.5. The predicted molar refractivity (Wildman–Crippen MR) is 237 cm³/mol. The Kier molecular flexibility index (Phi) is 17.0. The maximum atomic E-state index is 14.6. The highest BCUT2D eigenvalue weighted by molar-refractivity contribution is 6.31. The minimum Gasteiger partial charge on any atom is -0.444 e. The van der Waals surface area contributed by atoms with Gasteiger partial charge in [-0.1, -0.05) is 23.2 Å². The lowest BCUT2D eigenvalue weighted by atomic mass is 10.0. The van der Waals surface area contributed by atoms with Crippen molar-refractivity contribution in [2.75, 3.05) is 37.1 Å². The third-order valence-corrected chi connectivity index (χ3v) is 11.5. The largest absolute Gasteiger partial charge is 0.444 e. The van der Waals surface area contributed by atoms with Crippen LogP contribution < -0.4 is 21.7 Å². The van der Waals surface area contributed by atoms with Crippen molar-refractivity contribution in [2.45, 2.75) is 62.8 Å². The van der Waals surface area contributed by atoms with Crippen LogP contribution in [0.4, 0.5) is 38.5 Å². The maximum Gasteiger partial charge on any atom is 0.419 e. The number of carbonyl (C=O) groups is 4. The number of hydrogen-bond acceptors (Lipinski definition) is 10. The normalized spacial score (nSPS) is 18.8. The Morgan fingerprint density at radius 1 is 0.697 bits per heavy atom. The van der Waals surface area contributed by atoms with E-state index in [1.54, 1.807) is 6.20 Å². The molecule has 4 aliphatic rings. The number of fused-ring (bicyclic) bond motifs is 2. The smallest absolute Gasteiger partial charge is 0.419 e. The molecule has 2 aliphatic carbocycles. The van der Waals surface area contributed by atoms with Gasteiger partial charge in [-0.25, -0.2) is 36.7 Å². The molecule has 5 aromatic rings. The Bertz CT molecular complexity index is 2560. The zero-order valence-electron chi connectivity index (χ0n) is 34.8. The van der Waals surface area contributed by atoms with Crippen molar-refractivity contribution in [1.29, 1.82) is 0 Å². The summed E-state index contributed by atoms with van der Waals surface area (Å²) in [5, 5.41) is 7.77. The molecule has 66 heavy (non-hydrogen) atoms. The summed E-state index contributed by atoms with van der Waals surface area (Å²) in [6.07, 6.45) is 6.48. The Labute approximate surface area is 391 Å². The van der Waals surface area contributed by atoms with E-state index in [2.05, 4.69) is 20.9 Å². The first-order chi connectivity index (χ1) is 31.2. The lowest BCUT2D eigenvalue weighted by Crippen LogP contribution is -2.32. The molecule has 0 radical (unpaired) electrons. The van der Waals surface area contributed by atoms with Gasteiger partial charge in [0.25, 0.3) is 11.8 Å². The number of nitrogens with two attached hydrogens (primary N) is 1. The summed E-state index contributed by atoms with van der Waals surface area (Å²) >= 11 is 11.4. The predicted octanol–water partition coefficient (Wildman–Crippen LogP) is 9.27. The van der Waals surface area contributed by atoms with Gasteiger partial charge in [-0.15, -0.1) is 12.4 Å². The first kappa shape index (κ1) is 49.7. The second-order valence-electron chi connectivity index (χ2n) is 15.3. The van der Waals surface area contributed by atoms with Crippen LogP contribution in [0, 0.1) is 23.3 Å². The molecule has 4 aromatic carbocycles. The Morgan fingerprint density at radius 2 is 1.21 bits per heavy atom. The summed E-state index contributed by atoms with van der Waals surface area (Å²) in [4.78, 5) is 52.3. The molecule has 2 aliphatic heterocycles. The van der Waals surface area contributed by atoms with Gasteiger partial charge in [0.1, 0.15) is 41.8 Å². The third-order valence-electron chi connectivity index (χ3n) is 10.9. The summed E-state index contributed by atoms with van der Waals surface area (Å²) in [6, 6.07) is 12.0. The van der Waals surface area contributed by atoms with Gasteiger partial charge in [-0.05, 0) is 97.5 Å². The summed E-state index contributed by atoms with van der Waals surface area (Å²) in [7, 11) is 0. The van der Waals surface area contributed by atoms with Crippen molar-refractivity contribution >= 4 is 71.0 Å². The van der Waals surface area contributed by atoms with Crippen molar-refractivity contribution < 1.29 is 55.7 Å². The van der Waals surface area contributed by atoms with E-state index in [4.69, 9.17) is 47.9 Å². The molecule has 350 valence electrons. The van der Waals surface area contributed by atoms with Gasteiger partial charge >= 0.3 is 12.2 Å². The molecule has 2 saturated heterocycles. The van der Waals surface area contributed by atoms with Crippen LogP contribution in [0.15, 0.2) is 79.4 Å². The standard InChI is InChI=1S/C21H19ClF2N2O4.C16H13ClF2N2O.C8H10N2O3.ClH/c22-15-9-11(1-4-16(15)23)25-20(27)14-2-5-17(24)19-13(14)3-6-18(19)26-21(28)30-12-7-8-29-10-12;17-11-7-8(1-4-12(11)18)21-16(22)10-2-5-13(19)15-9(10)3-6-14(15)20;11-8(10-3-2-9-6-10)13-7-1-4-12-5-7;/h1-2,4-5,9,12,18H,3,6-8,10H2,(H,25,27)(H,26,28);1-2,4-5,7,14H,3,6,20H2,(H,21,22);2-3,6-7H,1,4-5H2;1H/t12-,18-;14-;7-;/m000./s1. The number of carbonyl (C=O) groups excluding carboxylic acids is 4. The monoisotopic (exact) mass is 976 g/mol. The van der Waals surface area contributed by atoms with Gasteiger partial charge in [0.15, 0.2) is 0 Å². The van der Waals surface area contributed by atoms with E-state index in [9.17, 15) is 36.7 Å². The second kappa shape index (κ2) is 22.6. The SMILES string of the molecule is Cl.N[C@H]1CCc2c(C(=O)Nc3ccc(F)c(Cl)c3)ccc(F)c21.O=C(N[C@H]1CCc2c(C(=O)Nc3ccc(F)c(Cl)c3)ccc(F)c21)O[C@H]1CCOC1.O=C(O[C@H]1CCOC1)n1ccnc1. The number of rotatable bonds is 7. The van der Waals surface area contributed by atoms with Crippen LogP contribution in [0.3, 0.4) is 0 Å². The number of hydrogen-bond donors (Lipinski definition) is 4. The molecule has 0 saturated carbocycles. The fraction of sp³-hybridized carbons (Fsp3) is 0.311. The molecular formula is C45H43Cl3F4N6O8. The van der Waals surface area contributed by atoms with E-state index < -0.39 is 47.5 Å². The number of anilines is 2. The van der Waals surface area contributed by atoms with Gasteiger partial charge in [0.2, 0.25) is 0 Å².